The molecule has 0 aliphatic heterocycles. The Hall–Kier alpha value is -0.530. The topological polar surface area (TPSA) is 12.0 Å². The van der Waals surface area contributed by atoms with Gasteiger partial charge in [-0.15, -0.1) is 0 Å². The molecule has 1 nitrogen and oxygen atoms in total. The van der Waals surface area contributed by atoms with E-state index in [1.54, 1.807) is 0 Å². The van der Waals surface area contributed by atoms with E-state index in [1.165, 1.54) is 24.8 Å². The highest BCUT2D eigenvalue weighted by Gasteiger charge is 2.44. The number of nitrogens with one attached hydrogen (secondary N) is 1. The van der Waals surface area contributed by atoms with Crippen molar-refractivity contribution in [3.8, 4) is 0 Å². The summed E-state index contributed by atoms with van der Waals surface area (Å²) in [7, 11) is 0. The van der Waals surface area contributed by atoms with Crippen LogP contribution >= 0.6 is 11.6 Å². The first-order valence-corrected chi connectivity index (χ1v) is 7.00. The Morgan fingerprint density at radius 2 is 2.18 bits per heavy atom. The summed E-state index contributed by atoms with van der Waals surface area (Å²) < 4.78 is 0. The maximum atomic E-state index is 6.04. The van der Waals surface area contributed by atoms with Crippen LogP contribution in [0.5, 0.6) is 0 Å². The van der Waals surface area contributed by atoms with Crippen LogP contribution in [-0.4, -0.2) is 12.6 Å². The lowest BCUT2D eigenvalue weighted by Crippen LogP contribution is -2.38. The zero-order valence-corrected chi connectivity index (χ0v) is 11.6. The van der Waals surface area contributed by atoms with Crippen LogP contribution in [0, 0.1) is 5.41 Å². The molecule has 0 aromatic heterocycles. The number of rotatable bonds is 6. The highest BCUT2D eigenvalue weighted by atomic mass is 35.5. The van der Waals surface area contributed by atoms with Crippen LogP contribution in [0.3, 0.4) is 0 Å². The van der Waals surface area contributed by atoms with Crippen molar-refractivity contribution in [1.82, 2.24) is 5.32 Å². The Balaban J connectivity index is 2.02. The van der Waals surface area contributed by atoms with Crippen molar-refractivity contribution in [2.24, 2.45) is 5.41 Å². The highest BCUT2D eigenvalue weighted by Crippen LogP contribution is 2.49. The van der Waals surface area contributed by atoms with E-state index in [2.05, 4.69) is 31.3 Å². The summed E-state index contributed by atoms with van der Waals surface area (Å²) in [6.07, 6.45) is 5.00. The lowest BCUT2D eigenvalue weighted by Gasteiger charge is -2.25. The second-order valence-corrected chi connectivity index (χ2v) is 5.93. The van der Waals surface area contributed by atoms with Crippen molar-refractivity contribution >= 4 is 11.6 Å². The Morgan fingerprint density at radius 3 is 2.76 bits per heavy atom. The number of benzene rings is 1. The van der Waals surface area contributed by atoms with Crippen molar-refractivity contribution < 1.29 is 0 Å². The second-order valence-electron chi connectivity index (χ2n) is 5.49. The van der Waals surface area contributed by atoms with Crippen LogP contribution in [0.25, 0.3) is 0 Å². The van der Waals surface area contributed by atoms with Crippen LogP contribution in [0.2, 0.25) is 5.02 Å². The van der Waals surface area contributed by atoms with E-state index < -0.39 is 0 Å². The molecule has 17 heavy (non-hydrogen) atoms. The van der Waals surface area contributed by atoms with E-state index in [9.17, 15) is 0 Å². The van der Waals surface area contributed by atoms with Crippen molar-refractivity contribution in [1.29, 1.82) is 0 Å². The minimum atomic E-state index is 0.511. The Labute approximate surface area is 110 Å². The summed E-state index contributed by atoms with van der Waals surface area (Å²) in [6, 6.07) is 8.86. The zero-order chi connectivity index (χ0) is 12.3. The third kappa shape index (κ3) is 3.46. The molecule has 0 heterocycles. The fourth-order valence-electron chi connectivity index (χ4n) is 2.33. The lowest BCUT2D eigenvalue weighted by molar-refractivity contribution is 0.354. The standard InChI is InChI=1S/C15H22ClN/c1-3-9-17-14(15(2)7-8-15)11-12-5-4-6-13(16)10-12/h4-6,10,14,17H,3,7-9,11H2,1-2H3. The highest BCUT2D eigenvalue weighted by molar-refractivity contribution is 6.30. The van der Waals surface area contributed by atoms with Crippen molar-refractivity contribution in [3.63, 3.8) is 0 Å². The van der Waals surface area contributed by atoms with Gasteiger partial charge in [-0.3, -0.25) is 0 Å². The van der Waals surface area contributed by atoms with Crippen LogP contribution in [-0.2, 0) is 6.42 Å². The summed E-state index contributed by atoms with van der Waals surface area (Å²) in [5.74, 6) is 0. The Bertz CT molecular complexity index is 371. The molecule has 0 spiro atoms. The van der Waals surface area contributed by atoms with Gasteiger partial charge in [0.05, 0.1) is 0 Å². The number of hydrogen-bond donors (Lipinski definition) is 1. The SMILES string of the molecule is CCCNC(Cc1cccc(Cl)c1)C1(C)CC1. The third-order valence-corrected chi connectivity index (χ3v) is 4.08. The van der Waals surface area contributed by atoms with Gasteiger partial charge in [0.25, 0.3) is 0 Å². The molecule has 0 bridgehead atoms. The maximum absolute atomic E-state index is 6.04. The summed E-state index contributed by atoms with van der Waals surface area (Å²) in [5, 5.41) is 4.54. The smallest absolute Gasteiger partial charge is 0.0408 e. The quantitative estimate of drug-likeness (QED) is 0.804. The molecule has 1 unspecified atom stereocenters. The monoisotopic (exact) mass is 251 g/mol. The Kier molecular flexibility index (Phi) is 4.11. The molecule has 2 heteroatoms. The molecule has 1 saturated carbocycles. The van der Waals surface area contributed by atoms with Gasteiger partial charge in [0.15, 0.2) is 0 Å². The van der Waals surface area contributed by atoms with E-state index >= 15 is 0 Å². The molecular formula is C15H22ClN. The van der Waals surface area contributed by atoms with Crippen molar-refractivity contribution in [3.05, 3.63) is 34.9 Å². The summed E-state index contributed by atoms with van der Waals surface area (Å²) in [5.41, 5.74) is 1.86. The van der Waals surface area contributed by atoms with E-state index in [0.29, 0.717) is 11.5 Å². The third-order valence-electron chi connectivity index (χ3n) is 3.85. The van der Waals surface area contributed by atoms with Gasteiger partial charge in [-0.2, -0.15) is 0 Å². The fourth-order valence-corrected chi connectivity index (χ4v) is 2.54. The molecule has 1 atom stereocenters. The molecule has 2 rings (SSSR count). The average molecular weight is 252 g/mol. The van der Waals surface area contributed by atoms with Gasteiger partial charge >= 0.3 is 0 Å². The minimum absolute atomic E-state index is 0.511. The van der Waals surface area contributed by atoms with Gasteiger partial charge in [-0.05, 0) is 55.3 Å². The molecule has 0 saturated heterocycles. The van der Waals surface area contributed by atoms with Gasteiger partial charge in [-0.1, -0.05) is 37.6 Å². The molecule has 0 radical (unpaired) electrons. The van der Waals surface area contributed by atoms with Crippen LogP contribution in [0.4, 0.5) is 0 Å². The van der Waals surface area contributed by atoms with Crippen LogP contribution < -0.4 is 5.32 Å². The molecule has 1 aliphatic rings. The van der Waals surface area contributed by atoms with Gasteiger partial charge in [0, 0.05) is 11.1 Å². The summed E-state index contributed by atoms with van der Waals surface area (Å²) >= 11 is 6.04. The first-order valence-electron chi connectivity index (χ1n) is 6.62. The molecule has 1 fully saturated rings. The van der Waals surface area contributed by atoms with E-state index in [1.807, 2.05) is 12.1 Å². The average Bonchev–Trinajstić information content (AvgIpc) is 3.04. The predicted molar refractivity (Wildman–Crippen MR) is 74.6 cm³/mol. The normalized spacial score (nSPS) is 19.0. The van der Waals surface area contributed by atoms with Gasteiger partial charge in [0.1, 0.15) is 0 Å². The van der Waals surface area contributed by atoms with E-state index in [-0.39, 0.29) is 0 Å². The fraction of sp³-hybridized carbons (Fsp3) is 0.600. The number of halogens is 1. The minimum Gasteiger partial charge on any atom is -0.313 e. The predicted octanol–water partition coefficient (Wildman–Crippen LogP) is 4.05. The van der Waals surface area contributed by atoms with Gasteiger partial charge < -0.3 is 5.32 Å². The largest absolute Gasteiger partial charge is 0.313 e. The van der Waals surface area contributed by atoms with Crippen LogP contribution in [0.15, 0.2) is 24.3 Å². The molecule has 1 aromatic carbocycles. The van der Waals surface area contributed by atoms with Crippen LogP contribution in [0.1, 0.15) is 38.7 Å². The maximum Gasteiger partial charge on any atom is 0.0408 e. The van der Waals surface area contributed by atoms with E-state index in [4.69, 9.17) is 11.6 Å². The van der Waals surface area contributed by atoms with Crippen molar-refractivity contribution in [2.45, 2.75) is 45.6 Å². The van der Waals surface area contributed by atoms with E-state index in [0.717, 1.165) is 18.0 Å². The summed E-state index contributed by atoms with van der Waals surface area (Å²) in [4.78, 5) is 0. The molecule has 1 aromatic rings. The zero-order valence-electron chi connectivity index (χ0n) is 10.8. The number of hydrogen-bond acceptors (Lipinski definition) is 1. The lowest BCUT2D eigenvalue weighted by atomic mass is 9.92. The first kappa shape index (κ1) is 12.9. The molecular weight excluding hydrogens is 230 g/mol. The Morgan fingerprint density at radius 1 is 1.41 bits per heavy atom. The summed E-state index contributed by atoms with van der Waals surface area (Å²) in [6.45, 7) is 5.73. The van der Waals surface area contributed by atoms with Crippen molar-refractivity contribution in [2.75, 3.05) is 6.54 Å². The van der Waals surface area contributed by atoms with Gasteiger partial charge in [-0.25, -0.2) is 0 Å². The molecule has 0 amide bonds. The second kappa shape index (κ2) is 5.41. The molecule has 94 valence electrons. The molecule has 1 N–H and O–H groups in total. The first-order chi connectivity index (χ1) is 8.14. The van der Waals surface area contributed by atoms with Gasteiger partial charge in [0.2, 0.25) is 0 Å². The molecule has 1 aliphatic carbocycles.